The van der Waals surface area contributed by atoms with Crippen LogP contribution < -0.4 is 10.6 Å². The highest BCUT2D eigenvalue weighted by molar-refractivity contribution is 5.98. The number of benzene rings is 1. The van der Waals surface area contributed by atoms with Gasteiger partial charge in [0.25, 0.3) is 5.91 Å². The SMILES string of the molecule is CC(CCC(=O)O)NC(=O)C(NC(=O)c1c(F)cccc1F)C(C)C. The maximum absolute atomic E-state index is 13.7. The number of halogens is 2. The van der Waals surface area contributed by atoms with Crippen LogP contribution in [0.1, 0.15) is 44.0 Å². The summed E-state index contributed by atoms with van der Waals surface area (Å²) in [5.74, 6) is -4.93. The molecule has 0 radical (unpaired) electrons. The first-order valence-corrected chi connectivity index (χ1v) is 7.90. The normalized spacial score (nSPS) is 13.2. The molecular weight excluding hydrogens is 334 g/mol. The molecule has 138 valence electrons. The van der Waals surface area contributed by atoms with Gasteiger partial charge in [0.05, 0.1) is 0 Å². The molecule has 25 heavy (non-hydrogen) atoms. The van der Waals surface area contributed by atoms with Gasteiger partial charge < -0.3 is 15.7 Å². The lowest BCUT2D eigenvalue weighted by Gasteiger charge is -2.24. The largest absolute Gasteiger partial charge is 0.481 e. The minimum Gasteiger partial charge on any atom is -0.481 e. The monoisotopic (exact) mass is 356 g/mol. The van der Waals surface area contributed by atoms with Gasteiger partial charge in [-0.2, -0.15) is 0 Å². The first kappa shape index (κ1) is 20.5. The number of hydrogen-bond acceptors (Lipinski definition) is 3. The van der Waals surface area contributed by atoms with Gasteiger partial charge in [-0.05, 0) is 31.4 Å². The highest BCUT2D eigenvalue weighted by atomic mass is 19.1. The second kappa shape index (κ2) is 9.10. The molecule has 0 spiro atoms. The van der Waals surface area contributed by atoms with Gasteiger partial charge in [-0.25, -0.2) is 8.78 Å². The summed E-state index contributed by atoms with van der Waals surface area (Å²) in [5, 5.41) is 13.6. The van der Waals surface area contributed by atoms with Crippen LogP contribution in [-0.4, -0.2) is 35.0 Å². The minimum absolute atomic E-state index is 0.111. The van der Waals surface area contributed by atoms with Crippen LogP contribution in [-0.2, 0) is 9.59 Å². The Morgan fingerprint density at radius 3 is 2.12 bits per heavy atom. The van der Waals surface area contributed by atoms with E-state index in [0.717, 1.165) is 18.2 Å². The fourth-order valence-corrected chi connectivity index (χ4v) is 2.21. The standard InChI is InChI=1S/C17H22F2N2O4/c1-9(2)15(17(25)20-10(3)7-8-13(22)23)21-16(24)14-11(18)5-4-6-12(14)19/h4-6,9-10,15H,7-8H2,1-3H3,(H,20,25)(H,21,24)(H,22,23). The Bertz CT molecular complexity index is 629. The molecule has 6 nitrogen and oxygen atoms in total. The second-order valence-corrected chi connectivity index (χ2v) is 6.13. The molecule has 0 bridgehead atoms. The van der Waals surface area contributed by atoms with E-state index in [0.29, 0.717) is 0 Å². The van der Waals surface area contributed by atoms with Crippen molar-refractivity contribution in [3.8, 4) is 0 Å². The summed E-state index contributed by atoms with van der Waals surface area (Å²) < 4.78 is 27.4. The van der Waals surface area contributed by atoms with Gasteiger partial charge in [-0.15, -0.1) is 0 Å². The van der Waals surface area contributed by atoms with Gasteiger partial charge in [0.1, 0.15) is 23.2 Å². The highest BCUT2D eigenvalue weighted by Crippen LogP contribution is 2.13. The number of amides is 2. The molecule has 1 aromatic carbocycles. The Kier molecular flexibility index (Phi) is 7.47. The number of carboxylic acid groups (broad SMARTS) is 1. The van der Waals surface area contributed by atoms with Crippen molar-refractivity contribution in [3.05, 3.63) is 35.4 Å². The lowest BCUT2D eigenvalue weighted by Crippen LogP contribution is -2.51. The number of aliphatic carboxylic acids is 1. The van der Waals surface area contributed by atoms with Crippen molar-refractivity contribution >= 4 is 17.8 Å². The van der Waals surface area contributed by atoms with E-state index in [2.05, 4.69) is 10.6 Å². The summed E-state index contributed by atoms with van der Waals surface area (Å²) in [7, 11) is 0. The lowest BCUT2D eigenvalue weighted by molar-refractivity contribution is -0.137. The molecular formula is C17H22F2N2O4. The molecule has 1 rings (SSSR count). The fraction of sp³-hybridized carbons (Fsp3) is 0.471. The molecule has 0 fully saturated rings. The lowest BCUT2D eigenvalue weighted by atomic mass is 10.0. The molecule has 3 N–H and O–H groups in total. The summed E-state index contributed by atoms with van der Waals surface area (Å²) in [4.78, 5) is 35.0. The van der Waals surface area contributed by atoms with Gasteiger partial charge in [-0.1, -0.05) is 19.9 Å². The van der Waals surface area contributed by atoms with Crippen molar-refractivity contribution in [3.63, 3.8) is 0 Å². The van der Waals surface area contributed by atoms with Crippen molar-refractivity contribution < 1.29 is 28.3 Å². The van der Waals surface area contributed by atoms with Crippen molar-refractivity contribution in [1.82, 2.24) is 10.6 Å². The number of rotatable bonds is 8. The van der Waals surface area contributed by atoms with Gasteiger partial charge >= 0.3 is 5.97 Å². The quantitative estimate of drug-likeness (QED) is 0.665. The summed E-state index contributed by atoms with van der Waals surface area (Å²) in [6.07, 6.45) is 0.113. The molecule has 2 unspecified atom stereocenters. The molecule has 0 aliphatic heterocycles. The maximum Gasteiger partial charge on any atom is 0.303 e. The van der Waals surface area contributed by atoms with E-state index < -0.39 is 47.1 Å². The van der Waals surface area contributed by atoms with Crippen LogP contribution in [0.3, 0.4) is 0 Å². The molecule has 0 aromatic heterocycles. The van der Waals surface area contributed by atoms with Crippen LogP contribution >= 0.6 is 0 Å². The fourth-order valence-electron chi connectivity index (χ4n) is 2.21. The summed E-state index contributed by atoms with van der Waals surface area (Å²) >= 11 is 0. The minimum atomic E-state index is -1.03. The maximum atomic E-state index is 13.7. The number of nitrogens with one attached hydrogen (secondary N) is 2. The van der Waals surface area contributed by atoms with Crippen LogP contribution in [0, 0.1) is 17.6 Å². The summed E-state index contributed by atoms with van der Waals surface area (Å²) in [5.41, 5.74) is -0.750. The van der Waals surface area contributed by atoms with E-state index in [1.54, 1.807) is 20.8 Å². The number of hydrogen-bond donors (Lipinski definition) is 3. The first-order valence-electron chi connectivity index (χ1n) is 7.90. The van der Waals surface area contributed by atoms with E-state index >= 15 is 0 Å². The predicted molar refractivity (Wildman–Crippen MR) is 86.9 cm³/mol. The first-order chi connectivity index (χ1) is 11.6. The van der Waals surface area contributed by atoms with E-state index in [1.165, 1.54) is 0 Å². The Morgan fingerprint density at radius 2 is 1.64 bits per heavy atom. The van der Waals surface area contributed by atoms with Gasteiger partial charge in [-0.3, -0.25) is 14.4 Å². The van der Waals surface area contributed by atoms with E-state index in [4.69, 9.17) is 5.11 Å². The van der Waals surface area contributed by atoms with E-state index in [-0.39, 0.29) is 18.8 Å². The molecule has 0 aliphatic rings. The number of carbonyl (C=O) groups is 3. The molecule has 0 saturated heterocycles. The third-order valence-corrected chi connectivity index (χ3v) is 3.61. The van der Waals surface area contributed by atoms with Crippen LogP contribution in [0.25, 0.3) is 0 Å². The van der Waals surface area contributed by atoms with Crippen molar-refractivity contribution in [2.24, 2.45) is 5.92 Å². The third kappa shape index (κ3) is 6.13. The van der Waals surface area contributed by atoms with Crippen molar-refractivity contribution in [2.75, 3.05) is 0 Å². The van der Waals surface area contributed by atoms with E-state index in [9.17, 15) is 23.2 Å². The van der Waals surface area contributed by atoms with Crippen molar-refractivity contribution in [1.29, 1.82) is 0 Å². The number of carboxylic acids is 1. The Hall–Kier alpha value is -2.51. The zero-order valence-electron chi connectivity index (χ0n) is 14.3. The van der Waals surface area contributed by atoms with Crippen molar-refractivity contribution in [2.45, 2.75) is 45.7 Å². The van der Waals surface area contributed by atoms with Gasteiger partial charge in [0.15, 0.2) is 0 Å². The molecule has 2 atom stereocenters. The van der Waals surface area contributed by atoms with Gasteiger partial charge in [0.2, 0.25) is 5.91 Å². The molecule has 0 aliphatic carbocycles. The Balaban J connectivity index is 2.81. The van der Waals surface area contributed by atoms with Gasteiger partial charge in [0, 0.05) is 12.5 Å². The summed E-state index contributed by atoms with van der Waals surface area (Å²) in [6.45, 7) is 4.98. The smallest absolute Gasteiger partial charge is 0.303 e. The second-order valence-electron chi connectivity index (χ2n) is 6.13. The zero-order valence-corrected chi connectivity index (χ0v) is 14.3. The molecule has 8 heteroatoms. The van der Waals surface area contributed by atoms with E-state index in [1.807, 2.05) is 0 Å². The zero-order chi connectivity index (χ0) is 19.1. The average Bonchev–Trinajstić information content (AvgIpc) is 2.50. The van der Waals surface area contributed by atoms with Crippen LogP contribution in [0.4, 0.5) is 8.78 Å². The molecule has 2 amide bonds. The molecule has 0 saturated carbocycles. The topological polar surface area (TPSA) is 95.5 Å². The third-order valence-electron chi connectivity index (χ3n) is 3.61. The highest BCUT2D eigenvalue weighted by Gasteiger charge is 2.28. The van der Waals surface area contributed by atoms with Crippen LogP contribution in [0.2, 0.25) is 0 Å². The summed E-state index contributed by atoms with van der Waals surface area (Å²) in [6, 6.07) is 1.61. The van der Waals surface area contributed by atoms with Crippen LogP contribution in [0.15, 0.2) is 18.2 Å². The molecule has 1 aromatic rings. The Labute approximate surface area is 144 Å². The Morgan fingerprint density at radius 1 is 1.08 bits per heavy atom. The van der Waals surface area contributed by atoms with Crippen LogP contribution in [0.5, 0.6) is 0 Å². The average molecular weight is 356 g/mol. The molecule has 0 heterocycles. The predicted octanol–water partition coefficient (Wildman–Crippen LogP) is 2.09. The number of carbonyl (C=O) groups excluding carboxylic acids is 2.